The van der Waals surface area contributed by atoms with Crippen LogP contribution in [0.2, 0.25) is 5.15 Å². The molecule has 1 heterocycles. The second-order valence-corrected chi connectivity index (χ2v) is 3.94. The Kier molecular flexibility index (Phi) is 6.38. The van der Waals surface area contributed by atoms with E-state index in [1.807, 2.05) is 25.3 Å². The minimum Gasteiger partial charge on any atom is -0.380 e. The fourth-order valence-electron chi connectivity index (χ4n) is 1.45. The Bertz CT molecular complexity index is 290. The summed E-state index contributed by atoms with van der Waals surface area (Å²) in [7, 11) is 0. The number of ether oxygens (including phenoxy) is 1. The average Bonchev–Trinajstić information content (AvgIpc) is 2.31. The van der Waals surface area contributed by atoms with Crippen LogP contribution in [0.1, 0.15) is 19.4 Å². The predicted octanol–water partition coefficient (Wildman–Crippen LogP) is 2.59. The van der Waals surface area contributed by atoms with Crippen molar-refractivity contribution in [3.05, 3.63) is 29.0 Å². The summed E-state index contributed by atoms with van der Waals surface area (Å²) in [5.41, 5.74) is 1.18. The van der Waals surface area contributed by atoms with Crippen LogP contribution in [0.4, 0.5) is 0 Å². The van der Waals surface area contributed by atoms with Crippen LogP contribution in [0.25, 0.3) is 0 Å². The molecule has 0 aliphatic carbocycles. The number of halogens is 1. The zero-order valence-electron chi connectivity index (χ0n) is 9.95. The minimum atomic E-state index is 0.543. The van der Waals surface area contributed by atoms with Crippen molar-refractivity contribution in [2.75, 3.05) is 26.3 Å². The molecule has 0 aliphatic rings. The van der Waals surface area contributed by atoms with E-state index in [2.05, 4.69) is 16.8 Å². The monoisotopic (exact) mass is 242 g/mol. The van der Waals surface area contributed by atoms with Gasteiger partial charge in [-0.05, 0) is 25.1 Å². The number of likely N-dealkylation sites (N-methyl/N-ethyl adjacent to an activating group) is 1. The first-order valence-electron chi connectivity index (χ1n) is 5.66. The zero-order valence-corrected chi connectivity index (χ0v) is 10.7. The maximum absolute atomic E-state index is 5.74. The quantitative estimate of drug-likeness (QED) is 0.543. The fourth-order valence-corrected chi connectivity index (χ4v) is 1.56. The Hall–Kier alpha value is -0.640. The van der Waals surface area contributed by atoms with Gasteiger partial charge in [0.15, 0.2) is 0 Å². The highest BCUT2D eigenvalue weighted by atomic mass is 35.5. The van der Waals surface area contributed by atoms with Gasteiger partial charge in [-0.2, -0.15) is 0 Å². The van der Waals surface area contributed by atoms with Crippen LogP contribution in [-0.4, -0.2) is 36.2 Å². The number of nitrogens with zero attached hydrogens (tertiary/aromatic N) is 2. The van der Waals surface area contributed by atoms with Gasteiger partial charge in [-0.1, -0.05) is 24.6 Å². The summed E-state index contributed by atoms with van der Waals surface area (Å²) in [5, 5.41) is 0.543. The molecule has 0 saturated carbocycles. The minimum absolute atomic E-state index is 0.543. The first kappa shape index (κ1) is 13.4. The lowest BCUT2D eigenvalue weighted by Crippen LogP contribution is -2.27. The lowest BCUT2D eigenvalue weighted by molar-refractivity contribution is 0.113. The van der Waals surface area contributed by atoms with Crippen molar-refractivity contribution in [3.8, 4) is 0 Å². The summed E-state index contributed by atoms with van der Waals surface area (Å²) in [6.07, 6.45) is 1.83. The number of rotatable bonds is 7. The summed E-state index contributed by atoms with van der Waals surface area (Å²) in [6, 6.07) is 3.84. The molecule has 3 nitrogen and oxygen atoms in total. The number of hydrogen-bond donors (Lipinski definition) is 0. The lowest BCUT2D eigenvalue weighted by Gasteiger charge is -2.19. The van der Waals surface area contributed by atoms with Gasteiger partial charge in [-0.3, -0.25) is 4.90 Å². The van der Waals surface area contributed by atoms with Crippen LogP contribution in [-0.2, 0) is 11.3 Å². The van der Waals surface area contributed by atoms with Gasteiger partial charge in [0.05, 0.1) is 6.61 Å². The average molecular weight is 243 g/mol. The molecule has 0 N–H and O–H groups in total. The van der Waals surface area contributed by atoms with Gasteiger partial charge in [0.1, 0.15) is 5.15 Å². The standard InChI is InChI=1S/C12H19ClN2O/c1-3-15(7-8-16-4-2)10-11-5-6-12(13)14-9-11/h5-6,9H,3-4,7-8,10H2,1-2H3. The third kappa shape index (κ3) is 4.92. The summed E-state index contributed by atoms with van der Waals surface area (Å²) in [4.78, 5) is 6.39. The summed E-state index contributed by atoms with van der Waals surface area (Å²) < 4.78 is 5.34. The van der Waals surface area contributed by atoms with Crippen LogP contribution in [0.5, 0.6) is 0 Å². The summed E-state index contributed by atoms with van der Waals surface area (Å²) in [6.45, 7) is 8.58. The molecular weight excluding hydrogens is 224 g/mol. The molecule has 0 spiro atoms. The highest BCUT2D eigenvalue weighted by molar-refractivity contribution is 6.29. The molecule has 90 valence electrons. The van der Waals surface area contributed by atoms with Gasteiger partial charge >= 0.3 is 0 Å². The van der Waals surface area contributed by atoms with Crippen molar-refractivity contribution in [1.82, 2.24) is 9.88 Å². The molecule has 1 aromatic rings. The Morgan fingerprint density at radius 2 is 2.19 bits per heavy atom. The van der Waals surface area contributed by atoms with Crippen LogP contribution < -0.4 is 0 Å². The van der Waals surface area contributed by atoms with E-state index in [0.29, 0.717) is 5.15 Å². The largest absolute Gasteiger partial charge is 0.380 e. The number of aromatic nitrogens is 1. The van der Waals surface area contributed by atoms with Gasteiger partial charge in [0, 0.05) is 25.9 Å². The molecule has 0 amide bonds. The van der Waals surface area contributed by atoms with Crippen molar-refractivity contribution in [3.63, 3.8) is 0 Å². The number of pyridine rings is 1. The highest BCUT2D eigenvalue weighted by Gasteiger charge is 2.03. The Morgan fingerprint density at radius 3 is 2.75 bits per heavy atom. The van der Waals surface area contributed by atoms with Crippen LogP contribution >= 0.6 is 11.6 Å². The first-order chi connectivity index (χ1) is 7.76. The summed E-state index contributed by atoms with van der Waals surface area (Å²) in [5.74, 6) is 0. The smallest absolute Gasteiger partial charge is 0.129 e. The number of hydrogen-bond acceptors (Lipinski definition) is 3. The third-order valence-electron chi connectivity index (χ3n) is 2.40. The molecule has 0 radical (unpaired) electrons. The molecule has 0 atom stereocenters. The van der Waals surface area contributed by atoms with E-state index in [-0.39, 0.29) is 0 Å². The molecular formula is C12H19ClN2O. The summed E-state index contributed by atoms with van der Waals surface area (Å²) >= 11 is 5.74. The molecule has 0 fully saturated rings. The van der Waals surface area contributed by atoms with Gasteiger partial charge in [-0.25, -0.2) is 4.98 Å². The highest BCUT2D eigenvalue weighted by Crippen LogP contribution is 2.07. The van der Waals surface area contributed by atoms with E-state index in [1.54, 1.807) is 0 Å². The van der Waals surface area contributed by atoms with Crippen molar-refractivity contribution in [2.24, 2.45) is 0 Å². The van der Waals surface area contributed by atoms with E-state index < -0.39 is 0 Å². The lowest BCUT2D eigenvalue weighted by atomic mass is 10.2. The third-order valence-corrected chi connectivity index (χ3v) is 2.62. The Morgan fingerprint density at radius 1 is 1.38 bits per heavy atom. The van der Waals surface area contributed by atoms with Crippen molar-refractivity contribution < 1.29 is 4.74 Å². The predicted molar refractivity (Wildman–Crippen MR) is 66.7 cm³/mol. The van der Waals surface area contributed by atoms with Gasteiger partial charge in [-0.15, -0.1) is 0 Å². The first-order valence-corrected chi connectivity index (χ1v) is 6.04. The van der Waals surface area contributed by atoms with E-state index in [9.17, 15) is 0 Å². The van der Waals surface area contributed by atoms with Gasteiger partial charge in [0.2, 0.25) is 0 Å². The van der Waals surface area contributed by atoms with Gasteiger partial charge in [0.25, 0.3) is 0 Å². The Balaban J connectivity index is 2.40. The van der Waals surface area contributed by atoms with Crippen molar-refractivity contribution in [2.45, 2.75) is 20.4 Å². The van der Waals surface area contributed by atoms with Crippen LogP contribution in [0.3, 0.4) is 0 Å². The molecule has 0 aliphatic heterocycles. The van der Waals surface area contributed by atoms with E-state index in [1.165, 1.54) is 5.56 Å². The molecule has 1 rings (SSSR count). The molecule has 0 aromatic carbocycles. The normalized spacial score (nSPS) is 11.0. The van der Waals surface area contributed by atoms with Crippen LogP contribution in [0.15, 0.2) is 18.3 Å². The SMILES string of the molecule is CCOCCN(CC)Cc1ccc(Cl)nc1. The maximum atomic E-state index is 5.74. The molecule has 0 bridgehead atoms. The van der Waals surface area contributed by atoms with Crippen LogP contribution in [0, 0.1) is 0 Å². The molecule has 16 heavy (non-hydrogen) atoms. The molecule has 0 saturated heterocycles. The zero-order chi connectivity index (χ0) is 11.8. The second kappa shape index (κ2) is 7.60. The molecule has 0 unspecified atom stereocenters. The molecule has 1 aromatic heterocycles. The van der Waals surface area contributed by atoms with E-state index >= 15 is 0 Å². The second-order valence-electron chi connectivity index (χ2n) is 3.55. The van der Waals surface area contributed by atoms with E-state index in [4.69, 9.17) is 16.3 Å². The van der Waals surface area contributed by atoms with Gasteiger partial charge < -0.3 is 4.74 Å². The maximum Gasteiger partial charge on any atom is 0.129 e. The Labute approximate surface area is 102 Å². The van der Waals surface area contributed by atoms with Crippen molar-refractivity contribution in [1.29, 1.82) is 0 Å². The topological polar surface area (TPSA) is 25.4 Å². The van der Waals surface area contributed by atoms with Crippen molar-refractivity contribution >= 4 is 11.6 Å². The fraction of sp³-hybridized carbons (Fsp3) is 0.583. The molecule has 4 heteroatoms. The van der Waals surface area contributed by atoms with E-state index in [0.717, 1.165) is 32.8 Å².